The maximum Gasteiger partial charge on any atom is 0.254 e. The van der Waals surface area contributed by atoms with Crippen molar-refractivity contribution in [2.75, 3.05) is 13.1 Å². The van der Waals surface area contributed by atoms with Crippen molar-refractivity contribution >= 4 is 17.2 Å². The van der Waals surface area contributed by atoms with E-state index in [9.17, 15) is 9.18 Å². The third-order valence-electron chi connectivity index (χ3n) is 4.47. The number of aromatic nitrogens is 1. The lowest BCUT2D eigenvalue weighted by molar-refractivity contribution is 0.0857. The van der Waals surface area contributed by atoms with Crippen molar-refractivity contribution in [3.05, 3.63) is 51.7 Å². The van der Waals surface area contributed by atoms with E-state index in [-0.39, 0.29) is 17.5 Å². The molecule has 24 heavy (non-hydrogen) atoms. The number of amides is 1. The zero-order valence-corrected chi connectivity index (χ0v) is 14.8. The molecule has 1 N–H and O–H groups in total. The van der Waals surface area contributed by atoms with E-state index in [1.54, 1.807) is 23.5 Å². The summed E-state index contributed by atoms with van der Waals surface area (Å²) < 4.78 is 13.7. The van der Waals surface area contributed by atoms with Gasteiger partial charge in [-0.05, 0) is 31.4 Å². The second-order valence-electron chi connectivity index (χ2n) is 6.41. The van der Waals surface area contributed by atoms with Gasteiger partial charge >= 0.3 is 0 Å². The molecule has 6 heteroatoms. The average Bonchev–Trinajstić information content (AvgIpc) is 2.95. The van der Waals surface area contributed by atoms with Crippen LogP contribution in [0.4, 0.5) is 4.39 Å². The second-order valence-corrected chi connectivity index (χ2v) is 7.73. The molecule has 1 amide bonds. The van der Waals surface area contributed by atoms with Crippen LogP contribution in [0.2, 0.25) is 0 Å². The maximum absolute atomic E-state index is 13.7. The van der Waals surface area contributed by atoms with Crippen molar-refractivity contribution < 1.29 is 9.18 Å². The van der Waals surface area contributed by atoms with Gasteiger partial charge in [-0.15, -0.1) is 11.3 Å². The van der Waals surface area contributed by atoms with Crippen molar-refractivity contribution in [3.63, 3.8) is 0 Å². The molecule has 1 aromatic carbocycles. The van der Waals surface area contributed by atoms with Crippen LogP contribution in [-0.4, -0.2) is 34.9 Å². The summed E-state index contributed by atoms with van der Waals surface area (Å²) >= 11 is 1.73. The van der Waals surface area contributed by atoms with E-state index < -0.39 is 5.82 Å². The van der Waals surface area contributed by atoms with Gasteiger partial charge in [0.15, 0.2) is 0 Å². The Balaban J connectivity index is 1.56. The lowest BCUT2D eigenvalue weighted by Gasteiger charge is -2.37. The van der Waals surface area contributed by atoms with Gasteiger partial charge in [-0.1, -0.05) is 19.1 Å². The number of piperidine rings is 1. The number of hydrogen-bond acceptors (Lipinski definition) is 4. The molecule has 2 atom stereocenters. The van der Waals surface area contributed by atoms with Gasteiger partial charge < -0.3 is 5.32 Å². The molecule has 0 aliphatic carbocycles. The Morgan fingerprint density at radius 3 is 2.92 bits per heavy atom. The van der Waals surface area contributed by atoms with E-state index >= 15 is 0 Å². The third-order valence-corrected chi connectivity index (χ3v) is 5.37. The molecular weight excluding hydrogens is 325 g/mol. The van der Waals surface area contributed by atoms with Gasteiger partial charge in [-0.3, -0.25) is 9.69 Å². The van der Waals surface area contributed by atoms with Gasteiger partial charge in [0.1, 0.15) is 5.82 Å². The fraction of sp³-hybridized carbons (Fsp3) is 0.444. The van der Waals surface area contributed by atoms with Gasteiger partial charge in [0.05, 0.1) is 10.6 Å². The SMILES string of the molecule is Cc1ncc(CN2CC[C@@H](NC(=O)c3ccccc3F)[C@H](C)C2)s1. The van der Waals surface area contributed by atoms with Crippen LogP contribution in [0.3, 0.4) is 0 Å². The van der Waals surface area contributed by atoms with Crippen LogP contribution in [0.1, 0.15) is 33.6 Å². The number of nitrogens with one attached hydrogen (secondary N) is 1. The van der Waals surface area contributed by atoms with Crippen LogP contribution >= 0.6 is 11.3 Å². The molecule has 0 spiro atoms. The fourth-order valence-corrected chi connectivity index (χ4v) is 4.02. The first-order valence-electron chi connectivity index (χ1n) is 8.22. The highest BCUT2D eigenvalue weighted by atomic mass is 32.1. The highest BCUT2D eigenvalue weighted by Gasteiger charge is 2.28. The Labute approximate surface area is 145 Å². The monoisotopic (exact) mass is 347 g/mol. The van der Waals surface area contributed by atoms with Crippen LogP contribution in [0, 0.1) is 18.7 Å². The summed E-state index contributed by atoms with van der Waals surface area (Å²) in [4.78, 5) is 20.2. The summed E-state index contributed by atoms with van der Waals surface area (Å²) in [7, 11) is 0. The molecule has 2 heterocycles. The predicted molar refractivity (Wildman–Crippen MR) is 93.6 cm³/mol. The quantitative estimate of drug-likeness (QED) is 0.924. The van der Waals surface area contributed by atoms with E-state index in [0.717, 1.165) is 31.1 Å². The van der Waals surface area contributed by atoms with Crippen LogP contribution in [0.5, 0.6) is 0 Å². The van der Waals surface area contributed by atoms with Crippen molar-refractivity contribution in [1.82, 2.24) is 15.2 Å². The number of nitrogens with zero attached hydrogens (tertiary/aromatic N) is 2. The first-order valence-corrected chi connectivity index (χ1v) is 9.03. The zero-order chi connectivity index (χ0) is 17.1. The molecule has 1 saturated heterocycles. The average molecular weight is 347 g/mol. The Morgan fingerprint density at radius 2 is 2.25 bits per heavy atom. The number of halogens is 1. The number of carbonyl (C=O) groups is 1. The molecule has 0 saturated carbocycles. The van der Waals surface area contributed by atoms with E-state index in [1.807, 2.05) is 13.1 Å². The highest BCUT2D eigenvalue weighted by molar-refractivity contribution is 7.11. The zero-order valence-electron chi connectivity index (χ0n) is 14.0. The minimum absolute atomic E-state index is 0.0801. The molecule has 0 unspecified atom stereocenters. The van der Waals surface area contributed by atoms with Gasteiger partial charge in [0.2, 0.25) is 0 Å². The minimum Gasteiger partial charge on any atom is -0.349 e. The molecule has 0 radical (unpaired) electrons. The maximum atomic E-state index is 13.7. The second kappa shape index (κ2) is 7.40. The first kappa shape index (κ1) is 17.0. The number of benzene rings is 1. The standard InChI is InChI=1S/C18H22FN3OS/c1-12-10-22(11-14-9-20-13(2)24-14)8-7-17(12)21-18(23)15-5-3-4-6-16(15)19/h3-6,9,12,17H,7-8,10-11H2,1-2H3,(H,21,23)/t12-,17-/m1/s1. The predicted octanol–water partition coefficient (Wildman–Crippen LogP) is 3.23. The summed E-state index contributed by atoms with van der Waals surface area (Å²) in [5.41, 5.74) is 0.118. The Bertz CT molecular complexity index is 718. The highest BCUT2D eigenvalue weighted by Crippen LogP contribution is 2.21. The molecule has 4 nitrogen and oxygen atoms in total. The van der Waals surface area contributed by atoms with Crippen molar-refractivity contribution in [2.45, 2.75) is 32.9 Å². The van der Waals surface area contributed by atoms with Gasteiger partial charge in [-0.2, -0.15) is 0 Å². The third kappa shape index (κ3) is 3.99. The molecule has 1 aliphatic heterocycles. The normalized spacial score (nSPS) is 21.6. The molecule has 2 aromatic rings. The Hall–Kier alpha value is -1.79. The van der Waals surface area contributed by atoms with Crippen LogP contribution < -0.4 is 5.32 Å². The molecule has 1 aliphatic rings. The lowest BCUT2D eigenvalue weighted by Crippen LogP contribution is -2.49. The molecule has 0 bridgehead atoms. The smallest absolute Gasteiger partial charge is 0.254 e. The summed E-state index contributed by atoms with van der Waals surface area (Å²) in [6, 6.07) is 6.20. The van der Waals surface area contributed by atoms with Gasteiger partial charge in [0, 0.05) is 36.8 Å². The Morgan fingerprint density at radius 1 is 1.46 bits per heavy atom. The number of carbonyl (C=O) groups excluding carboxylic acids is 1. The Kier molecular flexibility index (Phi) is 5.26. The number of likely N-dealkylation sites (tertiary alicyclic amines) is 1. The topological polar surface area (TPSA) is 45.2 Å². The van der Waals surface area contributed by atoms with Crippen molar-refractivity contribution in [3.8, 4) is 0 Å². The fourth-order valence-electron chi connectivity index (χ4n) is 3.18. The largest absolute Gasteiger partial charge is 0.349 e. The number of hydrogen-bond donors (Lipinski definition) is 1. The molecule has 1 fully saturated rings. The van der Waals surface area contributed by atoms with E-state index in [0.29, 0.717) is 5.92 Å². The van der Waals surface area contributed by atoms with Crippen LogP contribution in [-0.2, 0) is 6.54 Å². The molecule has 3 rings (SSSR count). The van der Waals surface area contributed by atoms with E-state index in [2.05, 4.69) is 22.1 Å². The minimum atomic E-state index is -0.472. The van der Waals surface area contributed by atoms with Gasteiger partial charge in [-0.25, -0.2) is 9.37 Å². The van der Waals surface area contributed by atoms with Crippen molar-refractivity contribution in [1.29, 1.82) is 0 Å². The molecule has 128 valence electrons. The summed E-state index contributed by atoms with van der Waals surface area (Å²) in [5.74, 6) is -0.472. The summed E-state index contributed by atoms with van der Waals surface area (Å²) in [5, 5.41) is 4.09. The number of thiazole rings is 1. The molecule has 1 aromatic heterocycles. The molecular formula is C18H22FN3OS. The van der Waals surface area contributed by atoms with Crippen LogP contribution in [0.25, 0.3) is 0 Å². The van der Waals surface area contributed by atoms with Gasteiger partial charge in [0.25, 0.3) is 5.91 Å². The summed E-state index contributed by atoms with van der Waals surface area (Å²) in [6.45, 7) is 6.89. The van der Waals surface area contributed by atoms with E-state index in [1.165, 1.54) is 17.0 Å². The first-order chi connectivity index (χ1) is 11.5. The van der Waals surface area contributed by atoms with Crippen LogP contribution in [0.15, 0.2) is 30.5 Å². The van der Waals surface area contributed by atoms with Crippen molar-refractivity contribution in [2.24, 2.45) is 5.92 Å². The number of aryl methyl sites for hydroxylation is 1. The number of rotatable bonds is 4. The lowest BCUT2D eigenvalue weighted by atomic mass is 9.93. The summed E-state index contributed by atoms with van der Waals surface area (Å²) in [6.07, 6.45) is 2.82. The van der Waals surface area contributed by atoms with E-state index in [4.69, 9.17) is 0 Å².